The van der Waals surface area contributed by atoms with Crippen LogP contribution in [0.5, 0.6) is 0 Å². The summed E-state index contributed by atoms with van der Waals surface area (Å²) in [6.45, 7) is 5.71. The standard InChI is InChI=1S/C22H25N3O4S/c1-15(18-9-6-5-7-10-18)24-30(27,28)20-12-8-11-19(13-20)22(26)25(4)14-21-16(2)23-29-17(21)3/h5-13,15,24H,14H2,1-4H3. The molecule has 8 heteroatoms. The van der Waals surface area contributed by atoms with Crippen LogP contribution in [0.25, 0.3) is 0 Å². The largest absolute Gasteiger partial charge is 0.361 e. The number of sulfonamides is 1. The number of nitrogens with one attached hydrogen (secondary N) is 1. The molecule has 2 aromatic carbocycles. The van der Waals surface area contributed by atoms with Crippen molar-refractivity contribution in [3.63, 3.8) is 0 Å². The highest BCUT2D eigenvalue weighted by Crippen LogP contribution is 2.20. The van der Waals surface area contributed by atoms with Crippen LogP contribution < -0.4 is 4.72 Å². The second-order valence-corrected chi connectivity index (χ2v) is 8.96. The zero-order chi connectivity index (χ0) is 21.9. The third-order valence-corrected chi connectivity index (χ3v) is 6.48. The first-order valence-electron chi connectivity index (χ1n) is 9.53. The van der Waals surface area contributed by atoms with Crippen LogP contribution in [0.15, 0.2) is 64.0 Å². The number of rotatable bonds is 7. The van der Waals surface area contributed by atoms with Crippen molar-refractivity contribution in [1.82, 2.24) is 14.8 Å². The van der Waals surface area contributed by atoms with Gasteiger partial charge in [-0.2, -0.15) is 0 Å². The number of hydrogen-bond acceptors (Lipinski definition) is 5. The van der Waals surface area contributed by atoms with Gasteiger partial charge in [-0.1, -0.05) is 41.6 Å². The summed E-state index contributed by atoms with van der Waals surface area (Å²) in [6, 6.07) is 14.9. The average molecular weight is 428 g/mol. The van der Waals surface area contributed by atoms with Crippen LogP contribution in [0.3, 0.4) is 0 Å². The Hall–Kier alpha value is -2.97. The monoisotopic (exact) mass is 427 g/mol. The molecule has 1 unspecified atom stereocenters. The zero-order valence-corrected chi connectivity index (χ0v) is 18.2. The van der Waals surface area contributed by atoms with E-state index in [2.05, 4.69) is 9.88 Å². The van der Waals surface area contributed by atoms with E-state index in [-0.39, 0.29) is 10.8 Å². The number of aryl methyl sites for hydroxylation is 2. The highest BCUT2D eigenvalue weighted by molar-refractivity contribution is 7.89. The van der Waals surface area contributed by atoms with Crippen LogP contribution >= 0.6 is 0 Å². The Labute approximate surface area is 176 Å². The number of amides is 1. The van der Waals surface area contributed by atoms with Crippen LogP contribution in [-0.4, -0.2) is 31.4 Å². The van der Waals surface area contributed by atoms with Crippen LogP contribution in [-0.2, 0) is 16.6 Å². The maximum atomic E-state index is 12.9. The molecule has 0 aliphatic heterocycles. The fourth-order valence-corrected chi connectivity index (χ4v) is 4.44. The van der Waals surface area contributed by atoms with E-state index < -0.39 is 16.1 Å². The van der Waals surface area contributed by atoms with E-state index in [1.165, 1.54) is 17.0 Å². The molecule has 1 amide bonds. The van der Waals surface area contributed by atoms with E-state index >= 15 is 0 Å². The van der Waals surface area contributed by atoms with Gasteiger partial charge in [-0.15, -0.1) is 0 Å². The van der Waals surface area contributed by atoms with Crippen molar-refractivity contribution >= 4 is 15.9 Å². The fraction of sp³-hybridized carbons (Fsp3) is 0.273. The summed E-state index contributed by atoms with van der Waals surface area (Å²) in [5.74, 6) is 0.366. The third kappa shape index (κ3) is 4.77. The lowest BCUT2D eigenvalue weighted by molar-refractivity contribution is 0.0784. The van der Waals surface area contributed by atoms with Crippen molar-refractivity contribution in [2.24, 2.45) is 0 Å². The maximum Gasteiger partial charge on any atom is 0.253 e. The van der Waals surface area contributed by atoms with E-state index in [0.29, 0.717) is 17.9 Å². The Morgan fingerprint density at radius 1 is 1.13 bits per heavy atom. The van der Waals surface area contributed by atoms with Crippen LogP contribution in [0, 0.1) is 13.8 Å². The molecular weight excluding hydrogens is 402 g/mol. The topological polar surface area (TPSA) is 92.5 Å². The summed E-state index contributed by atoms with van der Waals surface area (Å²) < 4.78 is 33.5. The van der Waals surface area contributed by atoms with Crippen molar-refractivity contribution in [2.45, 2.75) is 38.3 Å². The SMILES string of the molecule is Cc1noc(C)c1CN(C)C(=O)c1cccc(S(=O)(=O)NC(C)c2ccccc2)c1. The van der Waals surface area contributed by atoms with Crippen molar-refractivity contribution < 1.29 is 17.7 Å². The molecule has 1 atom stereocenters. The summed E-state index contributed by atoms with van der Waals surface area (Å²) in [7, 11) is -2.14. The Morgan fingerprint density at radius 3 is 2.47 bits per heavy atom. The lowest BCUT2D eigenvalue weighted by Gasteiger charge is -2.18. The molecule has 158 valence electrons. The van der Waals surface area contributed by atoms with Crippen molar-refractivity contribution in [3.8, 4) is 0 Å². The molecule has 0 radical (unpaired) electrons. The molecule has 30 heavy (non-hydrogen) atoms. The molecule has 7 nitrogen and oxygen atoms in total. The smallest absolute Gasteiger partial charge is 0.253 e. The van der Waals surface area contributed by atoms with Gasteiger partial charge in [0.05, 0.1) is 17.1 Å². The van der Waals surface area contributed by atoms with Crippen molar-refractivity contribution in [3.05, 3.63) is 82.7 Å². The van der Waals surface area contributed by atoms with E-state index in [4.69, 9.17) is 4.52 Å². The van der Waals surface area contributed by atoms with Gasteiger partial charge < -0.3 is 9.42 Å². The minimum absolute atomic E-state index is 0.0434. The molecule has 3 rings (SSSR count). The maximum absolute atomic E-state index is 12.9. The Kier molecular flexibility index (Phi) is 6.38. The lowest BCUT2D eigenvalue weighted by Crippen LogP contribution is -2.28. The van der Waals surface area contributed by atoms with Crippen LogP contribution in [0.2, 0.25) is 0 Å². The van der Waals surface area contributed by atoms with Gasteiger partial charge in [-0.05, 0) is 44.5 Å². The van der Waals surface area contributed by atoms with E-state index in [1.807, 2.05) is 37.3 Å². The normalized spacial score (nSPS) is 12.5. The van der Waals surface area contributed by atoms with Gasteiger partial charge >= 0.3 is 0 Å². The lowest BCUT2D eigenvalue weighted by atomic mass is 10.1. The third-order valence-electron chi connectivity index (χ3n) is 4.95. The van der Waals surface area contributed by atoms with E-state index in [9.17, 15) is 13.2 Å². The Morgan fingerprint density at radius 2 is 1.83 bits per heavy atom. The predicted molar refractivity (Wildman–Crippen MR) is 113 cm³/mol. The van der Waals surface area contributed by atoms with Gasteiger partial charge in [0.2, 0.25) is 10.0 Å². The minimum atomic E-state index is -3.80. The van der Waals surface area contributed by atoms with Gasteiger partial charge in [0, 0.05) is 24.2 Å². The van der Waals surface area contributed by atoms with E-state index in [1.54, 1.807) is 33.0 Å². The molecule has 0 bridgehead atoms. The number of carbonyl (C=O) groups excluding carboxylic acids is 1. The average Bonchev–Trinajstić information content (AvgIpc) is 3.05. The zero-order valence-electron chi connectivity index (χ0n) is 17.4. The summed E-state index contributed by atoms with van der Waals surface area (Å²) in [6.07, 6.45) is 0. The van der Waals surface area contributed by atoms with Gasteiger partial charge in [0.1, 0.15) is 5.76 Å². The fourth-order valence-electron chi connectivity index (χ4n) is 3.16. The van der Waals surface area contributed by atoms with Gasteiger partial charge in [-0.25, -0.2) is 13.1 Å². The molecule has 1 N–H and O–H groups in total. The van der Waals surface area contributed by atoms with E-state index in [0.717, 1.165) is 16.8 Å². The number of aromatic nitrogens is 1. The second kappa shape index (κ2) is 8.81. The van der Waals surface area contributed by atoms with Crippen molar-refractivity contribution in [1.29, 1.82) is 0 Å². The highest BCUT2D eigenvalue weighted by Gasteiger charge is 2.22. The molecule has 0 fully saturated rings. The molecular formula is C22H25N3O4S. The van der Waals surface area contributed by atoms with Gasteiger partial charge in [0.15, 0.2) is 0 Å². The molecule has 0 saturated heterocycles. The molecule has 0 aliphatic rings. The number of carbonyl (C=O) groups is 1. The first-order chi connectivity index (χ1) is 14.2. The summed E-state index contributed by atoms with van der Waals surface area (Å²) in [4.78, 5) is 14.4. The Balaban J connectivity index is 1.78. The highest BCUT2D eigenvalue weighted by atomic mass is 32.2. The molecule has 0 saturated carbocycles. The van der Waals surface area contributed by atoms with Crippen molar-refractivity contribution in [2.75, 3.05) is 7.05 Å². The quantitative estimate of drug-likeness (QED) is 0.622. The molecule has 0 aliphatic carbocycles. The number of hydrogen-bond donors (Lipinski definition) is 1. The number of benzene rings is 2. The molecule has 3 aromatic rings. The summed E-state index contributed by atoms with van der Waals surface area (Å²) in [5.41, 5.74) is 2.71. The Bertz CT molecular complexity index is 1120. The van der Waals surface area contributed by atoms with Crippen LogP contribution in [0.1, 0.15) is 45.9 Å². The van der Waals surface area contributed by atoms with Gasteiger partial charge in [0.25, 0.3) is 5.91 Å². The minimum Gasteiger partial charge on any atom is -0.361 e. The first-order valence-corrected chi connectivity index (χ1v) is 11.0. The van der Waals surface area contributed by atoms with Crippen LogP contribution in [0.4, 0.5) is 0 Å². The second-order valence-electron chi connectivity index (χ2n) is 7.25. The molecule has 0 spiro atoms. The molecule has 1 aromatic heterocycles. The molecule has 1 heterocycles. The first kappa shape index (κ1) is 21.7. The summed E-state index contributed by atoms with van der Waals surface area (Å²) >= 11 is 0. The number of nitrogens with zero attached hydrogens (tertiary/aromatic N) is 2. The predicted octanol–water partition coefficient (Wildman–Crippen LogP) is 3.60. The summed E-state index contributed by atoms with van der Waals surface area (Å²) in [5, 5.41) is 3.90. The van der Waals surface area contributed by atoms with Gasteiger partial charge in [-0.3, -0.25) is 4.79 Å².